The standard InChI is InChI=1S/C66H62BN3OS/c1-39-33-40(2)61-52(34-39)70(66(10)32-16-15-31-65(61,66)9)43-37-53-62-54(38-43)69(51-22-18-26-58-60(51)45-20-12-14-25-57(45)72-58)49-30-28-42(64(6,7)8)36-47(49)67(62)46-35-41(63(3,4)5)27-29-48(46)68(53)50-21-17-24-56-59(50)44-19-11-13-23-55(44)71-56/h11-14,17-30,33-38H,15-16,31-32H2,1-10H3. The second-order valence-corrected chi connectivity index (χ2v) is 25.3. The highest BCUT2D eigenvalue weighted by atomic mass is 32.1. The molecule has 0 spiro atoms. The van der Waals surface area contributed by atoms with Gasteiger partial charge in [-0.1, -0.05) is 140 Å². The number of aryl methyl sites for hydroxylation is 2. The van der Waals surface area contributed by atoms with Crippen molar-refractivity contribution < 1.29 is 4.42 Å². The average molecular weight is 956 g/mol. The molecule has 1 aliphatic carbocycles. The van der Waals surface area contributed by atoms with Crippen molar-refractivity contribution in [1.82, 2.24) is 0 Å². The highest BCUT2D eigenvalue weighted by Crippen LogP contribution is 2.63. The van der Waals surface area contributed by atoms with Crippen molar-refractivity contribution in [1.29, 1.82) is 0 Å². The van der Waals surface area contributed by atoms with Gasteiger partial charge in [-0.25, -0.2) is 0 Å². The van der Waals surface area contributed by atoms with Gasteiger partial charge in [0.2, 0.25) is 0 Å². The Bertz CT molecular complexity index is 3750. The zero-order valence-corrected chi connectivity index (χ0v) is 44.2. The Balaban J connectivity index is 1.17. The number of thiophene rings is 1. The van der Waals surface area contributed by atoms with Crippen LogP contribution in [0.1, 0.15) is 109 Å². The van der Waals surface area contributed by atoms with Gasteiger partial charge in [0.05, 0.1) is 22.3 Å². The first-order chi connectivity index (χ1) is 34.5. The monoisotopic (exact) mass is 955 g/mol. The SMILES string of the molecule is Cc1cc(C)c2c(c1)N(c1cc3c4c(c1)N(c1cccc5sc6ccccc6c15)c1ccc(C(C)(C)C)cc1B4c1cc(C(C)(C)C)ccc1N3c1cccc3oc4ccccc4c13)C1(C)CCCCC21C. The first-order valence-electron chi connectivity index (χ1n) is 26.3. The van der Waals surface area contributed by atoms with Crippen LogP contribution in [0.25, 0.3) is 42.1 Å². The van der Waals surface area contributed by atoms with E-state index in [1.54, 1.807) is 0 Å². The molecule has 0 radical (unpaired) electrons. The quantitative estimate of drug-likeness (QED) is 0.165. The third-order valence-electron chi connectivity index (χ3n) is 17.8. The lowest BCUT2D eigenvalue weighted by Crippen LogP contribution is -2.62. The van der Waals surface area contributed by atoms with E-state index in [9.17, 15) is 0 Å². The Labute approximate surface area is 429 Å². The Hall–Kier alpha value is -6.76. The van der Waals surface area contributed by atoms with Crippen LogP contribution in [0.5, 0.6) is 0 Å². The predicted octanol–water partition coefficient (Wildman–Crippen LogP) is 17.0. The van der Waals surface area contributed by atoms with Crippen LogP contribution in [0.4, 0.5) is 45.5 Å². The van der Waals surface area contributed by atoms with Crippen LogP contribution in [0.3, 0.4) is 0 Å². The lowest BCUT2D eigenvalue weighted by atomic mass is 9.33. The zero-order chi connectivity index (χ0) is 49.4. The summed E-state index contributed by atoms with van der Waals surface area (Å²) in [7, 11) is 0. The van der Waals surface area contributed by atoms with Crippen molar-refractivity contribution >= 4 is 122 Å². The van der Waals surface area contributed by atoms with Crippen molar-refractivity contribution in [3.63, 3.8) is 0 Å². The van der Waals surface area contributed by atoms with Gasteiger partial charge in [0.15, 0.2) is 0 Å². The highest BCUT2D eigenvalue weighted by Gasteiger charge is 2.59. The van der Waals surface area contributed by atoms with Gasteiger partial charge in [0.25, 0.3) is 6.71 Å². The molecule has 0 saturated heterocycles. The van der Waals surface area contributed by atoms with Gasteiger partial charge >= 0.3 is 0 Å². The van der Waals surface area contributed by atoms with Crippen LogP contribution < -0.4 is 31.1 Å². The van der Waals surface area contributed by atoms with E-state index in [2.05, 4.69) is 230 Å². The van der Waals surface area contributed by atoms with Crippen LogP contribution in [0, 0.1) is 13.8 Å². The molecule has 2 unspecified atom stereocenters. The average Bonchev–Trinajstić information content (AvgIpc) is 3.99. The summed E-state index contributed by atoms with van der Waals surface area (Å²) >= 11 is 1.90. The maximum atomic E-state index is 6.74. The van der Waals surface area contributed by atoms with E-state index in [0.29, 0.717) is 0 Å². The van der Waals surface area contributed by atoms with E-state index >= 15 is 0 Å². The molecule has 4 aliphatic rings. The number of benzene rings is 8. The van der Waals surface area contributed by atoms with Gasteiger partial charge in [0.1, 0.15) is 11.2 Å². The minimum atomic E-state index is -0.158. The first-order valence-corrected chi connectivity index (χ1v) is 27.1. The number of para-hydroxylation sites is 1. The van der Waals surface area contributed by atoms with E-state index in [-0.39, 0.29) is 28.5 Å². The third kappa shape index (κ3) is 5.93. The number of anilines is 8. The van der Waals surface area contributed by atoms with Gasteiger partial charge in [-0.05, 0) is 155 Å². The second-order valence-electron chi connectivity index (χ2n) is 24.2. The molecule has 14 rings (SSSR count). The van der Waals surface area contributed by atoms with Gasteiger partial charge < -0.3 is 19.1 Å². The number of rotatable bonds is 3. The summed E-state index contributed by atoms with van der Waals surface area (Å²) in [6, 6.07) is 56.3. The molecule has 1 saturated carbocycles. The molecule has 8 aromatic carbocycles. The molecular formula is C66H62BN3OS. The predicted molar refractivity (Wildman–Crippen MR) is 310 cm³/mol. The van der Waals surface area contributed by atoms with E-state index in [0.717, 1.165) is 34.0 Å². The van der Waals surface area contributed by atoms with Crippen LogP contribution in [0.2, 0.25) is 0 Å². The molecule has 2 atom stereocenters. The molecule has 4 nitrogen and oxygen atoms in total. The highest BCUT2D eigenvalue weighted by molar-refractivity contribution is 7.26. The molecule has 0 amide bonds. The van der Waals surface area contributed by atoms with Crippen molar-refractivity contribution in [2.45, 2.75) is 117 Å². The fourth-order valence-electron chi connectivity index (χ4n) is 14.2. The first kappa shape index (κ1) is 44.0. The zero-order valence-electron chi connectivity index (χ0n) is 43.4. The molecular weight excluding hydrogens is 894 g/mol. The van der Waals surface area contributed by atoms with Gasteiger partial charge in [-0.2, -0.15) is 0 Å². The fraction of sp³-hybridized carbons (Fsp3) is 0.273. The molecule has 6 heteroatoms. The smallest absolute Gasteiger partial charge is 0.252 e. The second kappa shape index (κ2) is 14.9. The van der Waals surface area contributed by atoms with Crippen LogP contribution >= 0.6 is 11.3 Å². The van der Waals surface area contributed by atoms with Crippen LogP contribution in [-0.2, 0) is 16.2 Å². The maximum absolute atomic E-state index is 6.74. The number of nitrogens with zero attached hydrogens (tertiary/aromatic N) is 3. The number of hydrogen-bond acceptors (Lipinski definition) is 5. The molecule has 0 bridgehead atoms. The topological polar surface area (TPSA) is 22.9 Å². The van der Waals surface area contributed by atoms with E-state index in [1.165, 1.54) is 123 Å². The molecule has 3 aliphatic heterocycles. The molecule has 1 fully saturated rings. The van der Waals surface area contributed by atoms with Crippen molar-refractivity contribution in [2.24, 2.45) is 0 Å². The van der Waals surface area contributed by atoms with Crippen molar-refractivity contribution in [3.8, 4) is 0 Å². The molecule has 10 aromatic rings. The lowest BCUT2D eigenvalue weighted by molar-refractivity contribution is 0.194. The van der Waals surface area contributed by atoms with Gasteiger partial charge in [-0.3, -0.25) is 0 Å². The largest absolute Gasteiger partial charge is 0.456 e. The van der Waals surface area contributed by atoms with Gasteiger partial charge in [-0.15, -0.1) is 11.3 Å². The number of furan rings is 1. The molecule has 0 N–H and O–H groups in total. The lowest BCUT2D eigenvalue weighted by Gasteiger charge is -2.51. The Kier molecular flexibility index (Phi) is 9.11. The summed E-state index contributed by atoms with van der Waals surface area (Å²) in [6.07, 6.45) is 4.75. The van der Waals surface area contributed by atoms with Gasteiger partial charge in [0, 0.05) is 65.1 Å². The summed E-state index contributed by atoms with van der Waals surface area (Å²) in [5.41, 5.74) is 22.3. The fourth-order valence-corrected chi connectivity index (χ4v) is 15.4. The number of hydrogen-bond donors (Lipinski definition) is 0. The maximum Gasteiger partial charge on any atom is 0.252 e. The van der Waals surface area contributed by atoms with Crippen molar-refractivity contribution in [3.05, 3.63) is 173 Å². The third-order valence-corrected chi connectivity index (χ3v) is 18.9. The molecule has 356 valence electrons. The van der Waals surface area contributed by atoms with Crippen LogP contribution in [-0.4, -0.2) is 12.3 Å². The summed E-state index contributed by atoms with van der Waals surface area (Å²) in [5.74, 6) is 0. The summed E-state index contributed by atoms with van der Waals surface area (Å²) in [6.45, 7) is 23.9. The Morgan fingerprint density at radius 3 is 1.79 bits per heavy atom. The number of fused-ring (bicyclic) bond motifs is 13. The Morgan fingerprint density at radius 1 is 0.528 bits per heavy atom. The minimum Gasteiger partial charge on any atom is -0.456 e. The Morgan fingerprint density at radius 2 is 1.11 bits per heavy atom. The summed E-state index contributed by atoms with van der Waals surface area (Å²) in [5, 5.41) is 4.88. The van der Waals surface area contributed by atoms with Crippen LogP contribution in [0.15, 0.2) is 150 Å². The van der Waals surface area contributed by atoms with Crippen molar-refractivity contribution in [2.75, 3.05) is 14.7 Å². The summed E-state index contributed by atoms with van der Waals surface area (Å²) < 4.78 is 9.36. The molecule has 72 heavy (non-hydrogen) atoms. The molecule has 2 aromatic heterocycles. The van der Waals surface area contributed by atoms with E-state index < -0.39 is 0 Å². The van der Waals surface area contributed by atoms with E-state index in [1.807, 2.05) is 11.3 Å². The normalized spacial score (nSPS) is 19.3. The summed E-state index contributed by atoms with van der Waals surface area (Å²) in [4.78, 5) is 8.16. The minimum absolute atomic E-state index is 0.0260. The van der Waals surface area contributed by atoms with E-state index in [4.69, 9.17) is 4.42 Å². The molecule has 5 heterocycles.